The van der Waals surface area contributed by atoms with E-state index in [1.807, 2.05) is 0 Å². The summed E-state index contributed by atoms with van der Waals surface area (Å²) in [4.78, 5) is 0. The number of nitrogens with zero attached hydrogens (tertiary/aromatic N) is 2. The summed E-state index contributed by atoms with van der Waals surface area (Å²) in [7, 11) is 0. The Morgan fingerprint density at radius 2 is 2.00 bits per heavy atom. The van der Waals surface area contributed by atoms with Crippen LogP contribution in [0.1, 0.15) is 43.7 Å². The molecule has 1 aliphatic rings. The SMILES string of the molecule is NCC1CCCCCC1n1cc(C(F)(F)F)cn1. The van der Waals surface area contributed by atoms with Crippen LogP contribution in [0.5, 0.6) is 0 Å². The maximum absolute atomic E-state index is 12.5. The normalized spacial score (nSPS) is 26.0. The molecule has 2 unspecified atom stereocenters. The number of alkyl halides is 3. The lowest BCUT2D eigenvalue weighted by Gasteiger charge is -2.24. The summed E-state index contributed by atoms with van der Waals surface area (Å²) in [6, 6.07) is 0.00796. The Balaban J connectivity index is 2.20. The van der Waals surface area contributed by atoms with E-state index in [1.165, 1.54) is 4.68 Å². The van der Waals surface area contributed by atoms with E-state index in [-0.39, 0.29) is 12.0 Å². The Hall–Kier alpha value is -1.04. The average Bonchev–Trinajstić information content (AvgIpc) is 2.68. The van der Waals surface area contributed by atoms with Gasteiger partial charge in [-0.15, -0.1) is 0 Å². The molecule has 1 fully saturated rings. The third kappa shape index (κ3) is 2.85. The quantitative estimate of drug-likeness (QED) is 0.832. The van der Waals surface area contributed by atoms with E-state index in [0.717, 1.165) is 44.5 Å². The molecule has 0 amide bonds. The Kier molecular flexibility index (Phi) is 3.94. The molecule has 0 aromatic carbocycles. The van der Waals surface area contributed by atoms with Crippen LogP contribution in [0.25, 0.3) is 0 Å². The van der Waals surface area contributed by atoms with E-state index in [0.29, 0.717) is 6.54 Å². The lowest BCUT2D eigenvalue weighted by molar-refractivity contribution is -0.137. The smallest absolute Gasteiger partial charge is 0.330 e. The van der Waals surface area contributed by atoms with Gasteiger partial charge in [0.25, 0.3) is 0 Å². The summed E-state index contributed by atoms with van der Waals surface area (Å²) in [5, 5.41) is 3.89. The molecule has 2 atom stereocenters. The predicted molar refractivity (Wildman–Crippen MR) is 61.9 cm³/mol. The molecule has 1 aromatic heterocycles. The molecule has 1 aliphatic carbocycles. The molecular formula is C12H18F3N3. The van der Waals surface area contributed by atoms with Gasteiger partial charge in [0, 0.05) is 6.20 Å². The minimum atomic E-state index is -4.32. The standard InChI is InChI=1S/C12H18F3N3/c13-12(14,15)10-7-17-18(8-10)11-5-3-1-2-4-9(11)6-16/h7-9,11H,1-6,16H2. The first kappa shape index (κ1) is 13.4. The van der Waals surface area contributed by atoms with Crippen molar-refractivity contribution in [3.8, 4) is 0 Å². The van der Waals surface area contributed by atoms with Crippen LogP contribution in [-0.2, 0) is 6.18 Å². The highest BCUT2D eigenvalue weighted by Crippen LogP contribution is 2.34. The Morgan fingerprint density at radius 1 is 1.28 bits per heavy atom. The van der Waals surface area contributed by atoms with Crippen molar-refractivity contribution in [3.05, 3.63) is 18.0 Å². The summed E-state index contributed by atoms with van der Waals surface area (Å²) < 4.78 is 39.1. The first-order valence-corrected chi connectivity index (χ1v) is 6.34. The third-order valence-electron chi connectivity index (χ3n) is 3.69. The molecule has 1 aromatic rings. The summed E-state index contributed by atoms with van der Waals surface area (Å²) in [6.45, 7) is 0.506. The van der Waals surface area contributed by atoms with Crippen LogP contribution >= 0.6 is 0 Å². The first-order chi connectivity index (χ1) is 8.52. The fourth-order valence-corrected chi connectivity index (χ4v) is 2.65. The Morgan fingerprint density at radius 3 is 2.61 bits per heavy atom. The van der Waals surface area contributed by atoms with Crippen LogP contribution in [0.2, 0.25) is 0 Å². The second-order valence-corrected chi connectivity index (χ2v) is 4.91. The van der Waals surface area contributed by atoms with Crippen molar-refractivity contribution in [1.29, 1.82) is 0 Å². The minimum absolute atomic E-state index is 0.00796. The van der Waals surface area contributed by atoms with Gasteiger partial charge in [-0.05, 0) is 25.3 Å². The molecule has 0 radical (unpaired) electrons. The second kappa shape index (κ2) is 5.30. The molecule has 0 saturated heterocycles. The molecule has 6 heteroatoms. The van der Waals surface area contributed by atoms with Crippen molar-refractivity contribution in [2.75, 3.05) is 6.54 Å². The van der Waals surface area contributed by atoms with Gasteiger partial charge < -0.3 is 5.73 Å². The highest BCUT2D eigenvalue weighted by atomic mass is 19.4. The zero-order chi connectivity index (χ0) is 13.2. The molecule has 3 nitrogen and oxygen atoms in total. The van der Waals surface area contributed by atoms with Gasteiger partial charge in [0.2, 0.25) is 0 Å². The van der Waals surface area contributed by atoms with Crippen molar-refractivity contribution in [2.24, 2.45) is 11.7 Å². The zero-order valence-electron chi connectivity index (χ0n) is 10.2. The van der Waals surface area contributed by atoms with Crippen molar-refractivity contribution in [3.63, 3.8) is 0 Å². The van der Waals surface area contributed by atoms with E-state index >= 15 is 0 Å². The van der Waals surface area contributed by atoms with Crippen LogP contribution in [0.3, 0.4) is 0 Å². The summed E-state index contributed by atoms with van der Waals surface area (Å²) in [6.07, 6.45) is 2.79. The number of aromatic nitrogens is 2. The molecule has 0 aliphatic heterocycles. The maximum atomic E-state index is 12.5. The number of halogens is 3. The highest BCUT2D eigenvalue weighted by molar-refractivity contribution is 5.09. The summed E-state index contributed by atoms with van der Waals surface area (Å²) >= 11 is 0. The van der Waals surface area contributed by atoms with Crippen LogP contribution in [-0.4, -0.2) is 16.3 Å². The van der Waals surface area contributed by atoms with Crippen LogP contribution in [0.15, 0.2) is 12.4 Å². The van der Waals surface area contributed by atoms with Crippen molar-refractivity contribution >= 4 is 0 Å². The second-order valence-electron chi connectivity index (χ2n) is 4.91. The van der Waals surface area contributed by atoms with E-state index in [9.17, 15) is 13.2 Å². The fraction of sp³-hybridized carbons (Fsp3) is 0.750. The van der Waals surface area contributed by atoms with Gasteiger partial charge in [0.15, 0.2) is 0 Å². The van der Waals surface area contributed by atoms with Gasteiger partial charge in [-0.3, -0.25) is 4.68 Å². The lowest BCUT2D eigenvalue weighted by atomic mass is 9.95. The summed E-state index contributed by atoms with van der Waals surface area (Å²) in [5.74, 6) is 0.230. The molecule has 0 spiro atoms. The summed E-state index contributed by atoms with van der Waals surface area (Å²) in [5.41, 5.74) is 5.05. The van der Waals surface area contributed by atoms with E-state index < -0.39 is 11.7 Å². The number of nitrogens with two attached hydrogens (primary N) is 1. The topological polar surface area (TPSA) is 43.8 Å². The lowest BCUT2D eigenvalue weighted by Crippen LogP contribution is -2.25. The molecule has 102 valence electrons. The van der Waals surface area contributed by atoms with E-state index in [2.05, 4.69) is 5.10 Å². The monoisotopic (exact) mass is 261 g/mol. The van der Waals surface area contributed by atoms with Crippen molar-refractivity contribution in [1.82, 2.24) is 9.78 Å². The number of rotatable bonds is 2. The minimum Gasteiger partial charge on any atom is -0.330 e. The fourth-order valence-electron chi connectivity index (χ4n) is 2.65. The van der Waals surface area contributed by atoms with Crippen molar-refractivity contribution in [2.45, 2.75) is 44.3 Å². The van der Waals surface area contributed by atoms with Gasteiger partial charge in [-0.25, -0.2) is 0 Å². The molecule has 0 bridgehead atoms. The van der Waals surface area contributed by atoms with Gasteiger partial charge in [-0.1, -0.05) is 19.3 Å². The van der Waals surface area contributed by atoms with Gasteiger partial charge >= 0.3 is 6.18 Å². The number of hydrogen-bond donors (Lipinski definition) is 1. The molecule has 1 saturated carbocycles. The molecule has 18 heavy (non-hydrogen) atoms. The van der Waals surface area contributed by atoms with Gasteiger partial charge in [0.1, 0.15) is 0 Å². The predicted octanol–water partition coefficient (Wildman–Crippen LogP) is 2.98. The van der Waals surface area contributed by atoms with Gasteiger partial charge in [-0.2, -0.15) is 18.3 Å². The maximum Gasteiger partial charge on any atom is 0.419 e. The highest BCUT2D eigenvalue weighted by Gasteiger charge is 2.34. The van der Waals surface area contributed by atoms with E-state index in [1.54, 1.807) is 0 Å². The third-order valence-corrected chi connectivity index (χ3v) is 3.69. The zero-order valence-corrected chi connectivity index (χ0v) is 10.2. The van der Waals surface area contributed by atoms with Gasteiger partial charge in [0.05, 0.1) is 17.8 Å². The largest absolute Gasteiger partial charge is 0.419 e. The molecule has 2 N–H and O–H groups in total. The average molecular weight is 261 g/mol. The number of hydrogen-bond acceptors (Lipinski definition) is 2. The Labute approximate surface area is 104 Å². The van der Waals surface area contributed by atoms with Crippen LogP contribution in [0.4, 0.5) is 13.2 Å². The molecule has 2 rings (SSSR count). The van der Waals surface area contributed by atoms with Crippen LogP contribution in [0, 0.1) is 5.92 Å². The van der Waals surface area contributed by atoms with Crippen LogP contribution < -0.4 is 5.73 Å². The molecule has 1 heterocycles. The Bertz CT molecular complexity index is 386. The first-order valence-electron chi connectivity index (χ1n) is 6.34. The molecular weight excluding hydrogens is 243 g/mol. The van der Waals surface area contributed by atoms with Crippen molar-refractivity contribution < 1.29 is 13.2 Å². The van der Waals surface area contributed by atoms with E-state index in [4.69, 9.17) is 5.73 Å².